The number of halogens is 1. The second kappa shape index (κ2) is 16.3. The molecule has 8 atom stereocenters. The number of methoxy groups -OCH3 is 1. The third kappa shape index (κ3) is 8.10. The van der Waals surface area contributed by atoms with Gasteiger partial charge in [-0.25, -0.2) is 9.38 Å². The molecule has 290 valence electrons. The number of nitrogens with one attached hydrogen (secondary N) is 1. The molecule has 0 aromatic heterocycles. The van der Waals surface area contributed by atoms with Crippen LogP contribution in [0, 0.1) is 40.8 Å². The van der Waals surface area contributed by atoms with Crippen LogP contribution in [0.25, 0.3) is 11.1 Å². The number of aliphatic hydroxyl groups excluding tert-OH is 2. The third-order valence-electron chi connectivity index (χ3n) is 12.9. The maximum Gasteiger partial charge on any atom is 0.277 e. The molecule has 2 aromatic rings. The predicted molar refractivity (Wildman–Crippen MR) is 203 cm³/mol. The number of hydroxylamine groups is 2. The Morgan fingerprint density at radius 1 is 1.15 bits per heavy atom. The van der Waals surface area contributed by atoms with Gasteiger partial charge in [-0.2, -0.15) is 5.06 Å². The first-order chi connectivity index (χ1) is 25.2. The fourth-order valence-corrected chi connectivity index (χ4v) is 9.91. The van der Waals surface area contributed by atoms with Crippen molar-refractivity contribution in [3.05, 3.63) is 53.3 Å². The summed E-state index contributed by atoms with van der Waals surface area (Å²) in [7, 11) is 5.44. The van der Waals surface area contributed by atoms with Crippen LogP contribution < -0.4 is 10.1 Å². The summed E-state index contributed by atoms with van der Waals surface area (Å²) in [6.07, 6.45) is 5.77. The number of nitrogens with zero attached hydrogens (tertiary/aromatic N) is 3. The number of carbonyl (C=O) groups is 2. The molecule has 5 fully saturated rings. The van der Waals surface area contributed by atoms with Gasteiger partial charge in [0.25, 0.3) is 5.91 Å². The molecule has 0 radical (unpaired) electrons. The molecular formula is C42H59FN4O6. The average molecular weight is 735 g/mol. The van der Waals surface area contributed by atoms with E-state index in [1.807, 2.05) is 31.1 Å². The van der Waals surface area contributed by atoms with Crippen LogP contribution in [-0.4, -0.2) is 96.4 Å². The Bertz CT molecular complexity index is 1670. The summed E-state index contributed by atoms with van der Waals surface area (Å²) in [6, 6.07) is 8.84. The van der Waals surface area contributed by atoms with Gasteiger partial charge in [-0.05, 0) is 99.6 Å². The smallest absolute Gasteiger partial charge is 0.277 e. The van der Waals surface area contributed by atoms with Crippen molar-refractivity contribution in [2.45, 2.75) is 103 Å². The van der Waals surface area contributed by atoms with Crippen molar-refractivity contribution < 1.29 is 33.8 Å². The summed E-state index contributed by atoms with van der Waals surface area (Å²) in [4.78, 5) is 40.6. The fourth-order valence-electron chi connectivity index (χ4n) is 9.91. The lowest BCUT2D eigenvalue weighted by Gasteiger charge is -2.62. The Morgan fingerprint density at radius 3 is 2.51 bits per heavy atom. The summed E-state index contributed by atoms with van der Waals surface area (Å²) in [5.74, 6) is 0.107. The van der Waals surface area contributed by atoms with Gasteiger partial charge in [0.05, 0.1) is 26.4 Å². The van der Waals surface area contributed by atoms with Gasteiger partial charge < -0.3 is 25.2 Å². The van der Waals surface area contributed by atoms with Crippen molar-refractivity contribution in [2.75, 3.05) is 34.4 Å². The van der Waals surface area contributed by atoms with Crippen LogP contribution in [0.2, 0.25) is 0 Å². The van der Waals surface area contributed by atoms with Crippen molar-refractivity contribution in [1.82, 2.24) is 15.3 Å². The highest BCUT2D eigenvalue weighted by Crippen LogP contribution is 2.61. The lowest BCUT2D eigenvalue weighted by Crippen LogP contribution is -2.62. The number of amides is 2. The second-order valence-corrected chi connectivity index (χ2v) is 16.9. The summed E-state index contributed by atoms with van der Waals surface area (Å²) >= 11 is 0. The minimum Gasteiger partial charge on any atom is -0.496 e. The van der Waals surface area contributed by atoms with Gasteiger partial charge in [-0.3, -0.25) is 14.4 Å². The van der Waals surface area contributed by atoms with Crippen molar-refractivity contribution >= 4 is 17.5 Å². The van der Waals surface area contributed by atoms with Crippen LogP contribution in [0.15, 0.2) is 41.4 Å². The monoisotopic (exact) mass is 734 g/mol. The van der Waals surface area contributed by atoms with Crippen molar-refractivity contribution in [2.24, 2.45) is 40.0 Å². The first kappa shape index (κ1) is 39.5. The molecule has 4 saturated carbocycles. The van der Waals surface area contributed by atoms with Crippen LogP contribution >= 0.6 is 0 Å². The van der Waals surface area contributed by atoms with E-state index in [1.165, 1.54) is 32.1 Å². The maximum atomic E-state index is 15.3. The molecule has 1 heterocycles. The highest BCUT2D eigenvalue weighted by atomic mass is 19.1. The highest BCUT2D eigenvalue weighted by molar-refractivity contribution is 6.05. The number of carbonyl (C=O) groups excluding carboxylic acids is 2. The molecular weight excluding hydrogens is 675 g/mol. The molecule has 0 unspecified atom stereocenters. The molecule has 5 aliphatic rings. The van der Waals surface area contributed by atoms with Crippen LogP contribution in [-0.2, 0) is 16.2 Å². The van der Waals surface area contributed by atoms with E-state index in [2.05, 4.69) is 31.1 Å². The summed E-state index contributed by atoms with van der Waals surface area (Å²) in [5.41, 5.74) is 2.93. The third-order valence-corrected chi connectivity index (χ3v) is 12.9. The summed E-state index contributed by atoms with van der Waals surface area (Å²) in [5, 5.41) is 26.1. The number of ether oxygens (including phenoxy) is 1. The van der Waals surface area contributed by atoms with Gasteiger partial charge in [-0.15, -0.1) is 0 Å². The highest BCUT2D eigenvalue weighted by Gasteiger charge is 2.57. The van der Waals surface area contributed by atoms with Gasteiger partial charge in [0.2, 0.25) is 5.91 Å². The van der Waals surface area contributed by atoms with Gasteiger partial charge in [0.1, 0.15) is 23.7 Å². The molecule has 0 spiro atoms. The molecule has 1 saturated heterocycles. The van der Waals surface area contributed by atoms with Gasteiger partial charge in [-0.1, -0.05) is 58.2 Å². The molecule has 10 nitrogen and oxygen atoms in total. The molecule has 3 N–H and O–H groups in total. The van der Waals surface area contributed by atoms with E-state index in [-0.39, 0.29) is 42.0 Å². The van der Waals surface area contributed by atoms with Crippen LogP contribution in [0.3, 0.4) is 0 Å². The predicted octanol–water partition coefficient (Wildman–Crippen LogP) is 5.89. The number of aliphatic imine (C=N–C) groups is 1. The number of rotatable bonds is 12. The Hall–Kier alpha value is -3.22. The van der Waals surface area contributed by atoms with Gasteiger partial charge in [0.15, 0.2) is 0 Å². The van der Waals surface area contributed by atoms with Crippen molar-refractivity contribution in [1.29, 1.82) is 0 Å². The molecule has 4 aliphatic carbocycles. The van der Waals surface area contributed by atoms with E-state index in [0.29, 0.717) is 46.7 Å². The molecule has 2 amide bonds. The average Bonchev–Trinajstić information content (AvgIpc) is 3.50. The zero-order valence-corrected chi connectivity index (χ0v) is 32.5. The number of hydrogen-bond donors (Lipinski definition) is 3. The Kier molecular flexibility index (Phi) is 12.1. The van der Waals surface area contributed by atoms with E-state index < -0.39 is 35.9 Å². The standard InChI is InChI=1S/C42H59FN4O6/c1-24-33-19-30(42(33,3)4)20-34(24)44-41(51)38-37(25(2)49)36(23-48)53-47(38)21-27-14-11-15-32(39(27)52-7)28-16-29(18-31(43)17-28)40(50)45-35(22-46(5)6)26-12-9-8-10-13-26/h11,14-18,24-26,30,33-34,36-38,48-49H,8-10,12-13,19-23H2,1-7H3,(H,44,51)/b45-35-/t24-,25-,30+,33-,34-,36-,37+,38-/m0/s1. The molecule has 7 rings (SSSR count). The lowest BCUT2D eigenvalue weighted by atomic mass is 9.45. The fraction of sp³-hybridized carbons (Fsp3) is 0.643. The summed E-state index contributed by atoms with van der Waals surface area (Å²) < 4.78 is 21.2. The number of para-hydroxylation sites is 1. The number of benzene rings is 2. The number of aliphatic hydroxyl groups is 2. The van der Waals surface area contributed by atoms with E-state index >= 15 is 4.39 Å². The van der Waals surface area contributed by atoms with Crippen molar-refractivity contribution in [3.8, 4) is 16.9 Å². The van der Waals surface area contributed by atoms with E-state index in [0.717, 1.165) is 37.8 Å². The lowest BCUT2D eigenvalue weighted by molar-refractivity contribution is -0.183. The molecule has 2 aromatic carbocycles. The minimum absolute atomic E-state index is 0.0117. The molecule has 1 aliphatic heterocycles. The molecule has 11 heteroatoms. The van der Waals surface area contributed by atoms with Crippen molar-refractivity contribution in [3.63, 3.8) is 0 Å². The topological polar surface area (TPSA) is 124 Å². The normalized spacial score (nSPS) is 29.5. The van der Waals surface area contributed by atoms with E-state index in [4.69, 9.17) is 9.57 Å². The zero-order valence-electron chi connectivity index (χ0n) is 32.5. The first-order valence-electron chi connectivity index (χ1n) is 19.5. The van der Waals surface area contributed by atoms with Gasteiger partial charge >= 0.3 is 0 Å². The molecule has 2 bridgehead atoms. The zero-order chi connectivity index (χ0) is 38.2. The van der Waals surface area contributed by atoms with Gasteiger partial charge in [0, 0.05) is 40.9 Å². The minimum atomic E-state index is -0.931. The van der Waals surface area contributed by atoms with Crippen LogP contribution in [0.1, 0.15) is 88.6 Å². The first-order valence-corrected chi connectivity index (χ1v) is 19.5. The Balaban J connectivity index is 1.27. The number of hydrogen-bond acceptors (Lipinski definition) is 8. The second-order valence-electron chi connectivity index (χ2n) is 16.9. The molecule has 53 heavy (non-hydrogen) atoms. The SMILES string of the molecule is COc1c(CN2O[C@@H](CO)[C@@H]([C@H](C)O)[C@H]2C(=O)N[C@H]2C[C@H]3C[C@@H]([C@@H]2C)C3(C)C)cccc1-c1cc(F)cc(C(=O)/N=C(/CN(C)C)C2CCCCC2)c1. The number of fused-ring (bicyclic) bond motifs is 2. The largest absolute Gasteiger partial charge is 0.496 e. The summed E-state index contributed by atoms with van der Waals surface area (Å²) in [6.45, 7) is 8.76. The van der Waals surface area contributed by atoms with E-state index in [9.17, 15) is 19.8 Å². The quantitative estimate of drug-likeness (QED) is 0.231. The van der Waals surface area contributed by atoms with Crippen LogP contribution in [0.5, 0.6) is 5.75 Å². The maximum absolute atomic E-state index is 15.3. The Labute approximate surface area is 314 Å². The van der Waals surface area contributed by atoms with E-state index in [1.54, 1.807) is 24.1 Å². The Morgan fingerprint density at radius 2 is 1.89 bits per heavy atom. The van der Waals surface area contributed by atoms with Crippen LogP contribution in [0.4, 0.5) is 4.39 Å².